The van der Waals surface area contributed by atoms with Crippen molar-refractivity contribution < 1.29 is 19.4 Å². The van der Waals surface area contributed by atoms with Crippen molar-refractivity contribution in [1.29, 1.82) is 0 Å². The fourth-order valence-corrected chi connectivity index (χ4v) is 4.19. The van der Waals surface area contributed by atoms with E-state index < -0.39 is 24.1 Å². The Bertz CT molecular complexity index is 929. The molecule has 0 aromatic heterocycles. The van der Waals surface area contributed by atoms with Crippen LogP contribution in [0.25, 0.3) is 0 Å². The van der Waals surface area contributed by atoms with Gasteiger partial charge in [0.2, 0.25) is 0 Å². The van der Waals surface area contributed by atoms with E-state index in [1.807, 2.05) is 12.1 Å². The number of morpholine rings is 1. The number of carbonyl (C=O) groups excluding carboxylic acids is 1. The Hall–Kier alpha value is -2.08. The first-order valence-corrected chi connectivity index (χ1v) is 10.3. The minimum Gasteiger partial charge on any atom is -0.481 e. The predicted octanol–water partition coefficient (Wildman–Crippen LogP) is 4.67. The Labute approximate surface area is 179 Å². The molecular formula is C22H21Cl2NO4. The topological polar surface area (TPSA) is 66.8 Å². The third-order valence-corrected chi connectivity index (χ3v) is 5.96. The van der Waals surface area contributed by atoms with E-state index in [0.29, 0.717) is 34.6 Å². The van der Waals surface area contributed by atoms with E-state index in [1.165, 1.54) is 0 Å². The lowest BCUT2D eigenvalue weighted by molar-refractivity contribution is -0.196. The monoisotopic (exact) mass is 433 g/mol. The molecule has 0 radical (unpaired) electrons. The van der Waals surface area contributed by atoms with Crippen molar-refractivity contribution in [2.45, 2.75) is 31.0 Å². The number of carboxylic acid groups (broad SMARTS) is 1. The summed E-state index contributed by atoms with van der Waals surface area (Å²) in [7, 11) is 0. The summed E-state index contributed by atoms with van der Waals surface area (Å²) in [6, 6.07) is 13.9. The van der Waals surface area contributed by atoms with Gasteiger partial charge in [-0.2, -0.15) is 0 Å². The fraction of sp³-hybridized carbons (Fsp3) is 0.364. The molecule has 2 aromatic carbocycles. The molecule has 1 N–H and O–H groups in total. The van der Waals surface area contributed by atoms with Crippen LogP contribution in [-0.2, 0) is 19.9 Å². The van der Waals surface area contributed by atoms with Crippen molar-refractivity contribution in [3.05, 3.63) is 69.7 Å². The van der Waals surface area contributed by atoms with Crippen LogP contribution in [0.2, 0.25) is 10.0 Å². The molecule has 5 nitrogen and oxygen atoms in total. The summed E-state index contributed by atoms with van der Waals surface area (Å²) in [6.07, 6.45) is 1.21. The highest BCUT2D eigenvalue weighted by Crippen LogP contribution is 2.43. The molecule has 1 amide bonds. The fourth-order valence-electron chi connectivity index (χ4n) is 3.86. The number of amides is 1. The largest absolute Gasteiger partial charge is 0.481 e. The average molecular weight is 434 g/mol. The summed E-state index contributed by atoms with van der Waals surface area (Å²) in [5.41, 5.74) is -0.312. The number of aliphatic carboxylic acids is 1. The molecule has 1 aliphatic carbocycles. The first kappa shape index (κ1) is 20.2. The first-order chi connectivity index (χ1) is 13.9. The lowest BCUT2D eigenvalue weighted by Crippen LogP contribution is -2.56. The third kappa shape index (κ3) is 4.27. The second kappa shape index (κ2) is 7.98. The lowest BCUT2D eigenvalue weighted by Gasteiger charge is -2.45. The number of ether oxygens (including phenoxy) is 1. The first-order valence-electron chi connectivity index (χ1n) is 9.58. The van der Waals surface area contributed by atoms with E-state index in [-0.39, 0.29) is 5.91 Å². The van der Waals surface area contributed by atoms with Crippen LogP contribution in [0.1, 0.15) is 36.5 Å². The second-order valence-electron chi connectivity index (χ2n) is 7.72. The molecule has 29 heavy (non-hydrogen) atoms. The molecule has 2 aromatic rings. The van der Waals surface area contributed by atoms with E-state index in [1.54, 1.807) is 41.3 Å². The van der Waals surface area contributed by atoms with Crippen molar-refractivity contribution >= 4 is 35.1 Å². The third-order valence-electron chi connectivity index (χ3n) is 5.47. The molecule has 1 aliphatic heterocycles. The van der Waals surface area contributed by atoms with E-state index in [2.05, 4.69) is 0 Å². The van der Waals surface area contributed by atoms with Gasteiger partial charge in [-0.3, -0.25) is 9.59 Å². The highest BCUT2D eigenvalue weighted by atomic mass is 35.5. The van der Waals surface area contributed by atoms with Crippen molar-refractivity contribution in [2.24, 2.45) is 5.92 Å². The molecule has 2 atom stereocenters. The van der Waals surface area contributed by atoms with Gasteiger partial charge in [0.15, 0.2) is 5.60 Å². The van der Waals surface area contributed by atoms with Crippen LogP contribution >= 0.6 is 23.2 Å². The zero-order valence-electron chi connectivity index (χ0n) is 15.7. The number of hydrogen-bond donors (Lipinski definition) is 1. The summed E-state index contributed by atoms with van der Waals surface area (Å²) in [6.45, 7) is 0.971. The Balaban J connectivity index is 1.79. The Kier molecular flexibility index (Phi) is 5.56. The Morgan fingerprint density at radius 3 is 2.48 bits per heavy atom. The minimum absolute atomic E-state index is 0.313. The molecule has 0 bridgehead atoms. The number of hydrogen-bond acceptors (Lipinski definition) is 3. The summed E-state index contributed by atoms with van der Waals surface area (Å²) in [5.74, 6) is -0.955. The molecule has 2 fully saturated rings. The van der Waals surface area contributed by atoms with E-state index >= 15 is 0 Å². The maximum absolute atomic E-state index is 13.6. The van der Waals surface area contributed by atoms with Gasteiger partial charge in [0, 0.05) is 16.6 Å². The molecular weight excluding hydrogens is 413 g/mol. The molecule has 0 unspecified atom stereocenters. The Morgan fingerprint density at radius 2 is 1.86 bits per heavy atom. The predicted molar refractivity (Wildman–Crippen MR) is 110 cm³/mol. The smallest absolute Gasteiger partial charge is 0.307 e. The van der Waals surface area contributed by atoms with Crippen LogP contribution in [-0.4, -0.2) is 35.0 Å². The average Bonchev–Trinajstić information content (AvgIpc) is 3.49. The van der Waals surface area contributed by atoms with Gasteiger partial charge in [0.1, 0.15) is 6.10 Å². The van der Waals surface area contributed by atoms with E-state index in [9.17, 15) is 14.7 Å². The van der Waals surface area contributed by atoms with Crippen molar-refractivity contribution in [3.8, 4) is 0 Å². The zero-order valence-corrected chi connectivity index (χ0v) is 17.2. The number of carboxylic acids is 1. The zero-order chi connectivity index (χ0) is 20.6. The molecule has 2 aliphatic rings. The molecule has 0 spiro atoms. The molecule has 1 saturated heterocycles. The van der Waals surface area contributed by atoms with E-state index in [0.717, 1.165) is 18.4 Å². The van der Waals surface area contributed by atoms with Gasteiger partial charge >= 0.3 is 5.97 Å². The SMILES string of the molecule is O=C(O)C[C@@]1(c2ccc(Cl)cc2)O[C@H](c2cccc(Cl)c2)CN(CC2CC2)C1=O. The second-order valence-corrected chi connectivity index (χ2v) is 8.59. The van der Waals surface area contributed by atoms with Crippen molar-refractivity contribution in [3.63, 3.8) is 0 Å². The van der Waals surface area contributed by atoms with Crippen LogP contribution in [0.5, 0.6) is 0 Å². The molecule has 1 saturated carbocycles. The molecule has 152 valence electrons. The molecule has 7 heteroatoms. The summed E-state index contributed by atoms with van der Waals surface area (Å²) in [4.78, 5) is 27.1. The highest BCUT2D eigenvalue weighted by Gasteiger charge is 2.52. The van der Waals surface area contributed by atoms with Gasteiger partial charge in [-0.05, 0) is 54.2 Å². The number of nitrogens with zero attached hydrogens (tertiary/aromatic N) is 1. The van der Waals surface area contributed by atoms with Crippen LogP contribution in [0.15, 0.2) is 48.5 Å². The molecule has 4 rings (SSSR count). The summed E-state index contributed by atoms with van der Waals surface area (Å²) < 4.78 is 6.32. The van der Waals surface area contributed by atoms with Gasteiger partial charge in [-0.15, -0.1) is 0 Å². The normalized spacial score (nSPS) is 24.6. The van der Waals surface area contributed by atoms with Crippen LogP contribution in [0, 0.1) is 5.92 Å². The summed E-state index contributed by atoms with van der Waals surface area (Å²) in [5, 5.41) is 10.7. The van der Waals surface area contributed by atoms with Crippen molar-refractivity contribution in [2.75, 3.05) is 13.1 Å². The maximum atomic E-state index is 13.6. The maximum Gasteiger partial charge on any atom is 0.307 e. The van der Waals surface area contributed by atoms with E-state index in [4.69, 9.17) is 27.9 Å². The number of halogens is 2. The number of carbonyl (C=O) groups is 2. The number of rotatable bonds is 6. The van der Waals surface area contributed by atoms with Gasteiger partial charge in [-0.25, -0.2) is 0 Å². The van der Waals surface area contributed by atoms with Crippen LogP contribution in [0.4, 0.5) is 0 Å². The summed E-state index contributed by atoms with van der Waals surface area (Å²) >= 11 is 12.2. The quantitative estimate of drug-likeness (QED) is 0.718. The minimum atomic E-state index is -1.61. The lowest BCUT2D eigenvalue weighted by atomic mass is 9.85. The van der Waals surface area contributed by atoms with Gasteiger partial charge in [-0.1, -0.05) is 47.5 Å². The van der Waals surface area contributed by atoms with Gasteiger partial charge < -0.3 is 14.7 Å². The van der Waals surface area contributed by atoms with Crippen LogP contribution in [0.3, 0.4) is 0 Å². The van der Waals surface area contributed by atoms with Gasteiger partial charge in [0.25, 0.3) is 5.91 Å². The van der Waals surface area contributed by atoms with Gasteiger partial charge in [0.05, 0.1) is 13.0 Å². The molecule has 1 heterocycles. The Morgan fingerprint density at radius 1 is 1.14 bits per heavy atom. The van der Waals surface area contributed by atoms with Crippen molar-refractivity contribution in [1.82, 2.24) is 4.90 Å². The standard InChI is InChI=1S/C22H21Cl2NO4/c23-17-8-6-16(7-9-17)22(11-20(26)27)21(28)25(12-14-4-5-14)13-19(29-22)15-2-1-3-18(24)10-15/h1-3,6-10,14,19H,4-5,11-13H2,(H,26,27)/t19-,22-/m0/s1. The van der Waals surface area contributed by atoms with Crippen LogP contribution < -0.4 is 0 Å². The highest BCUT2D eigenvalue weighted by molar-refractivity contribution is 6.30. The number of benzene rings is 2.